The molecule has 3 aromatic carbocycles. The van der Waals surface area contributed by atoms with Gasteiger partial charge in [0.25, 0.3) is 0 Å². The Labute approximate surface area is 175 Å². The number of halogens is 1. The normalized spacial score (nSPS) is 12.7. The van der Waals surface area contributed by atoms with Crippen LogP contribution in [0.2, 0.25) is 5.02 Å². The summed E-state index contributed by atoms with van der Waals surface area (Å²) >= 11 is 5.87. The number of nitrogens with one attached hydrogen (secondary N) is 1. The Bertz CT molecular complexity index is 931. The highest BCUT2D eigenvalue weighted by molar-refractivity contribution is 6.30. The van der Waals surface area contributed by atoms with Crippen LogP contribution in [0.4, 0.5) is 10.5 Å². The molecule has 0 saturated heterocycles. The second kappa shape index (κ2) is 9.45. The van der Waals surface area contributed by atoms with Crippen molar-refractivity contribution in [1.82, 2.24) is 4.90 Å². The molecule has 3 rings (SSSR count). The highest BCUT2D eigenvalue weighted by atomic mass is 35.5. The predicted octanol–water partition coefficient (Wildman–Crippen LogP) is 5.72. The number of aliphatic hydroxyl groups is 1. The lowest BCUT2D eigenvalue weighted by Crippen LogP contribution is -2.41. The van der Waals surface area contributed by atoms with Gasteiger partial charge in [-0.1, -0.05) is 41.9 Å². The monoisotopic (exact) mass is 410 g/mol. The summed E-state index contributed by atoms with van der Waals surface area (Å²) in [5.41, 5.74) is 1.40. The van der Waals surface area contributed by atoms with Gasteiger partial charge in [0.2, 0.25) is 0 Å². The van der Waals surface area contributed by atoms with E-state index in [4.69, 9.17) is 16.3 Å². The van der Waals surface area contributed by atoms with Crippen molar-refractivity contribution in [3.63, 3.8) is 0 Å². The average molecular weight is 411 g/mol. The molecular formula is C23H23ClN2O3. The van der Waals surface area contributed by atoms with Crippen LogP contribution in [0.5, 0.6) is 11.5 Å². The Balaban J connectivity index is 1.58. The lowest BCUT2D eigenvalue weighted by Gasteiger charge is -2.29. The van der Waals surface area contributed by atoms with Crippen LogP contribution in [-0.4, -0.2) is 29.1 Å². The zero-order valence-corrected chi connectivity index (χ0v) is 17.0. The van der Waals surface area contributed by atoms with E-state index in [1.165, 1.54) is 4.90 Å². The van der Waals surface area contributed by atoms with Crippen molar-refractivity contribution in [3.05, 3.63) is 89.4 Å². The minimum Gasteiger partial charge on any atom is -0.457 e. The van der Waals surface area contributed by atoms with Crippen LogP contribution in [0, 0.1) is 0 Å². The SMILES string of the molecule is C[C@H]([C@@H](O)c1ccccc1)N(C)C(=O)Nc1ccc(Oc2ccc(Cl)cc2)cc1. The van der Waals surface area contributed by atoms with E-state index >= 15 is 0 Å². The van der Waals surface area contributed by atoms with Crippen molar-refractivity contribution in [2.75, 3.05) is 12.4 Å². The molecule has 150 valence electrons. The molecule has 6 heteroatoms. The largest absolute Gasteiger partial charge is 0.457 e. The number of carbonyl (C=O) groups excluding carboxylic acids is 1. The molecule has 5 nitrogen and oxygen atoms in total. The molecule has 0 unspecified atom stereocenters. The van der Waals surface area contributed by atoms with Crippen molar-refractivity contribution in [3.8, 4) is 11.5 Å². The number of urea groups is 1. The second-order valence-corrected chi connectivity index (χ2v) is 7.15. The smallest absolute Gasteiger partial charge is 0.321 e. The number of benzene rings is 3. The van der Waals surface area contributed by atoms with E-state index in [2.05, 4.69) is 5.32 Å². The van der Waals surface area contributed by atoms with Gasteiger partial charge in [-0.3, -0.25) is 0 Å². The topological polar surface area (TPSA) is 61.8 Å². The zero-order valence-electron chi connectivity index (χ0n) is 16.2. The molecule has 0 spiro atoms. The fourth-order valence-electron chi connectivity index (χ4n) is 2.78. The molecule has 2 atom stereocenters. The van der Waals surface area contributed by atoms with Gasteiger partial charge in [-0.05, 0) is 61.0 Å². The zero-order chi connectivity index (χ0) is 20.8. The lowest BCUT2D eigenvalue weighted by molar-refractivity contribution is 0.0894. The third-order valence-electron chi connectivity index (χ3n) is 4.68. The molecule has 29 heavy (non-hydrogen) atoms. The summed E-state index contributed by atoms with van der Waals surface area (Å²) in [5.74, 6) is 1.32. The Morgan fingerprint density at radius 2 is 1.52 bits per heavy atom. The quantitative estimate of drug-likeness (QED) is 0.546. The number of anilines is 1. The van der Waals surface area contributed by atoms with Crippen molar-refractivity contribution in [2.24, 2.45) is 0 Å². The molecule has 0 bridgehead atoms. The molecule has 0 aliphatic heterocycles. The first kappa shape index (κ1) is 20.7. The minimum atomic E-state index is -0.776. The first-order valence-electron chi connectivity index (χ1n) is 9.24. The maximum Gasteiger partial charge on any atom is 0.321 e. The molecule has 0 radical (unpaired) electrons. The minimum absolute atomic E-state index is 0.307. The highest BCUT2D eigenvalue weighted by Crippen LogP contribution is 2.25. The summed E-state index contributed by atoms with van der Waals surface area (Å²) in [6.45, 7) is 1.81. The van der Waals surface area contributed by atoms with Gasteiger partial charge < -0.3 is 20.1 Å². The number of carbonyl (C=O) groups is 1. The van der Waals surface area contributed by atoms with Gasteiger partial charge in [0.05, 0.1) is 12.1 Å². The summed E-state index contributed by atoms with van der Waals surface area (Å²) < 4.78 is 5.74. The van der Waals surface area contributed by atoms with Gasteiger partial charge in [0.1, 0.15) is 11.5 Å². The number of ether oxygens (including phenoxy) is 1. The predicted molar refractivity (Wildman–Crippen MR) is 116 cm³/mol. The Hall–Kier alpha value is -3.02. The maximum atomic E-state index is 12.6. The fourth-order valence-corrected chi connectivity index (χ4v) is 2.91. The summed E-state index contributed by atoms with van der Waals surface area (Å²) in [4.78, 5) is 14.0. The molecule has 2 amide bonds. The van der Waals surface area contributed by atoms with Crippen LogP contribution in [0.1, 0.15) is 18.6 Å². The van der Waals surface area contributed by atoms with Gasteiger partial charge >= 0.3 is 6.03 Å². The maximum absolute atomic E-state index is 12.6. The van der Waals surface area contributed by atoms with E-state index < -0.39 is 12.1 Å². The van der Waals surface area contributed by atoms with Gasteiger partial charge in [0, 0.05) is 17.8 Å². The number of aliphatic hydroxyl groups excluding tert-OH is 1. The number of nitrogens with zero attached hydrogens (tertiary/aromatic N) is 1. The first-order chi connectivity index (χ1) is 13.9. The Morgan fingerprint density at radius 3 is 2.10 bits per heavy atom. The van der Waals surface area contributed by atoms with Crippen LogP contribution in [0.3, 0.4) is 0 Å². The Kier molecular flexibility index (Phi) is 6.75. The fraction of sp³-hybridized carbons (Fsp3) is 0.174. The molecule has 3 aromatic rings. The molecule has 2 N–H and O–H groups in total. The number of likely N-dealkylation sites (N-methyl/N-ethyl adjacent to an activating group) is 1. The average Bonchev–Trinajstić information content (AvgIpc) is 2.75. The first-order valence-corrected chi connectivity index (χ1v) is 9.62. The summed E-state index contributed by atoms with van der Waals surface area (Å²) in [7, 11) is 1.66. The standard InChI is InChI=1S/C23H23ClN2O3/c1-16(22(27)17-6-4-3-5-7-17)26(2)23(28)25-19-10-14-21(15-11-19)29-20-12-8-18(24)9-13-20/h3-16,22,27H,1-2H3,(H,25,28)/t16-,22-/m1/s1. The Morgan fingerprint density at radius 1 is 0.966 bits per heavy atom. The number of hydrogen-bond acceptors (Lipinski definition) is 3. The molecular weight excluding hydrogens is 388 g/mol. The summed E-state index contributed by atoms with van der Waals surface area (Å²) in [6, 6.07) is 22.7. The van der Waals surface area contributed by atoms with Gasteiger partial charge in [-0.15, -0.1) is 0 Å². The van der Waals surface area contributed by atoms with E-state index in [1.54, 1.807) is 62.5 Å². The molecule has 0 saturated carbocycles. The van der Waals surface area contributed by atoms with Crippen molar-refractivity contribution in [2.45, 2.75) is 19.1 Å². The highest BCUT2D eigenvalue weighted by Gasteiger charge is 2.24. The molecule has 0 aliphatic carbocycles. The van der Waals surface area contributed by atoms with Gasteiger partial charge in [-0.2, -0.15) is 0 Å². The lowest BCUT2D eigenvalue weighted by atomic mass is 10.0. The van der Waals surface area contributed by atoms with E-state index in [0.717, 1.165) is 5.56 Å². The third-order valence-corrected chi connectivity index (χ3v) is 4.94. The van der Waals surface area contributed by atoms with Crippen LogP contribution in [-0.2, 0) is 0 Å². The van der Waals surface area contributed by atoms with Crippen LogP contribution >= 0.6 is 11.6 Å². The van der Waals surface area contributed by atoms with Crippen LogP contribution in [0.25, 0.3) is 0 Å². The third kappa shape index (κ3) is 5.50. The number of rotatable bonds is 6. The van der Waals surface area contributed by atoms with Crippen molar-refractivity contribution >= 4 is 23.3 Å². The molecule has 0 fully saturated rings. The number of amides is 2. The number of hydrogen-bond donors (Lipinski definition) is 2. The van der Waals surface area contributed by atoms with E-state index in [9.17, 15) is 9.90 Å². The molecule has 0 aromatic heterocycles. The van der Waals surface area contributed by atoms with Crippen molar-refractivity contribution < 1.29 is 14.6 Å². The second-order valence-electron chi connectivity index (χ2n) is 6.72. The molecule has 0 aliphatic rings. The van der Waals surface area contributed by atoms with Crippen LogP contribution in [0.15, 0.2) is 78.9 Å². The molecule has 0 heterocycles. The van der Waals surface area contributed by atoms with E-state index in [0.29, 0.717) is 22.2 Å². The van der Waals surface area contributed by atoms with Gasteiger partial charge in [-0.25, -0.2) is 4.79 Å². The van der Waals surface area contributed by atoms with E-state index in [1.807, 2.05) is 30.3 Å². The summed E-state index contributed by atoms with van der Waals surface area (Å²) in [6.07, 6.45) is -0.776. The van der Waals surface area contributed by atoms with Crippen LogP contribution < -0.4 is 10.1 Å². The van der Waals surface area contributed by atoms with Gasteiger partial charge in [0.15, 0.2) is 0 Å². The van der Waals surface area contributed by atoms with Crippen molar-refractivity contribution in [1.29, 1.82) is 0 Å². The summed E-state index contributed by atoms with van der Waals surface area (Å²) in [5, 5.41) is 14.0. The van der Waals surface area contributed by atoms with E-state index in [-0.39, 0.29) is 6.03 Å².